The van der Waals surface area contributed by atoms with Crippen LogP contribution in [0.1, 0.15) is 36.0 Å². The second kappa shape index (κ2) is 9.00. The largest absolute Gasteiger partial charge is 0.465 e. The molecular weight excluding hydrogens is 454 g/mol. The van der Waals surface area contributed by atoms with Crippen molar-refractivity contribution in [1.82, 2.24) is 10.2 Å². The van der Waals surface area contributed by atoms with E-state index in [1.807, 2.05) is 0 Å². The monoisotopic (exact) mass is 474 g/mol. The van der Waals surface area contributed by atoms with E-state index >= 15 is 0 Å². The minimum Gasteiger partial charge on any atom is -0.465 e. The zero-order valence-electron chi connectivity index (χ0n) is 15.6. The number of carbonyl (C=O) groups excluding carboxylic acids is 1. The molecule has 0 fully saturated rings. The van der Waals surface area contributed by atoms with Gasteiger partial charge >= 0.3 is 6.09 Å². The van der Waals surface area contributed by atoms with E-state index in [-0.39, 0.29) is 18.9 Å². The Morgan fingerprint density at radius 1 is 1.25 bits per heavy atom. The predicted molar refractivity (Wildman–Crippen MR) is 108 cm³/mol. The highest BCUT2D eigenvalue weighted by molar-refractivity contribution is 9.10. The Labute approximate surface area is 174 Å². The van der Waals surface area contributed by atoms with E-state index in [0.717, 1.165) is 16.6 Å². The van der Waals surface area contributed by atoms with Crippen LogP contribution in [0.5, 0.6) is 0 Å². The van der Waals surface area contributed by atoms with Gasteiger partial charge in [-0.3, -0.25) is 4.79 Å². The lowest BCUT2D eigenvalue weighted by Gasteiger charge is -2.36. The lowest BCUT2D eigenvalue weighted by molar-refractivity contribution is 0.0824. The molecule has 1 aromatic heterocycles. The van der Waals surface area contributed by atoms with Crippen molar-refractivity contribution >= 4 is 39.3 Å². The highest BCUT2D eigenvalue weighted by Gasteiger charge is 2.30. The van der Waals surface area contributed by atoms with Gasteiger partial charge in [0.15, 0.2) is 11.6 Å². The smallest absolute Gasteiger partial charge is 0.407 e. The fraction of sp³-hybridized carbons (Fsp3) is 0.368. The van der Waals surface area contributed by atoms with Gasteiger partial charge in [0.25, 0.3) is 5.91 Å². The molecule has 1 heterocycles. The average Bonchev–Trinajstić information content (AvgIpc) is 3.01. The first-order valence-electron chi connectivity index (χ1n) is 8.46. The molecular formula is C19H21BrF2N2O3S. The Morgan fingerprint density at radius 3 is 2.43 bits per heavy atom. The Kier molecular flexibility index (Phi) is 7.16. The normalized spacial score (nSPS) is 12.5. The fourth-order valence-electron chi connectivity index (χ4n) is 2.66. The van der Waals surface area contributed by atoms with Crippen molar-refractivity contribution in [3.63, 3.8) is 0 Å². The lowest BCUT2D eigenvalue weighted by atomic mass is 10.0. The third-order valence-corrected chi connectivity index (χ3v) is 5.73. The molecule has 2 rings (SSSR count). The molecule has 1 atom stereocenters. The summed E-state index contributed by atoms with van der Waals surface area (Å²) in [5.74, 6) is -2.31. The molecule has 0 radical (unpaired) electrons. The second-order valence-corrected chi connectivity index (χ2v) is 9.14. The number of rotatable bonds is 6. The van der Waals surface area contributed by atoms with E-state index in [4.69, 9.17) is 0 Å². The molecule has 0 aliphatic rings. The summed E-state index contributed by atoms with van der Waals surface area (Å²) in [5.41, 5.74) is -0.245. The van der Waals surface area contributed by atoms with E-state index in [0.29, 0.717) is 10.4 Å². The van der Waals surface area contributed by atoms with E-state index in [2.05, 4.69) is 21.2 Å². The van der Waals surface area contributed by atoms with Crippen LogP contribution in [0.2, 0.25) is 0 Å². The number of hydrogen-bond donors (Lipinski definition) is 2. The zero-order chi connectivity index (χ0) is 21.1. The molecule has 5 nitrogen and oxygen atoms in total. The summed E-state index contributed by atoms with van der Waals surface area (Å²) in [6.07, 6.45) is -0.981. The maximum Gasteiger partial charge on any atom is 0.407 e. The average molecular weight is 475 g/mol. The molecule has 1 aromatic carbocycles. The summed E-state index contributed by atoms with van der Waals surface area (Å²) >= 11 is 4.53. The van der Waals surface area contributed by atoms with Crippen molar-refractivity contribution in [3.05, 3.63) is 56.2 Å². The molecule has 0 aliphatic carbocycles. The van der Waals surface area contributed by atoms with Crippen LogP contribution in [0.15, 0.2) is 34.1 Å². The van der Waals surface area contributed by atoms with E-state index < -0.39 is 29.3 Å². The van der Waals surface area contributed by atoms with Gasteiger partial charge in [-0.25, -0.2) is 13.6 Å². The number of thiophene rings is 1. The van der Waals surface area contributed by atoms with Crippen LogP contribution in [0.25, 0.3) is 0 Å². The molecule has 0 unspecified atom stereocenters. The number of halogens is 3. The van der Waals surface area contributed by atoms with Gasteiger partial charge in [0.2, 0.25) is 0 Å². The van der Waals surface area contributed by atoms with Crippen LogP contribution < -0.4 is 5.32 Å². The summed E-state index contributed by atoms with van der Waals surface area (Å²) in [5, 5.41) is 14.1. The van der Waals surface area contributed by atoms with Crippen LogP contribution in [0.4, 0.5) is 13.6 Å². The summed E-state index contributed by atoms with van der Waals surface area (Å²) in [6.45, 7) is 5.23. The van der Waals surface area contributed by atoms with Crippen molar-refractivity contribution in [2.75, 3.05) is 6.54 Å². The summed E-state index contributed by atoms with van der Waals surface area (Å²) < 4.78 is 27.5. The van der Waals surface area contributed by atoms with Gasteiger partial charge in [-0.05, 0) is 66.9 Å². The van der Waals surface area contributed by atoms with Crippen molar-refractivity contribution in [1.29, 1.82) is 0 Å². The summed E-state index contributed by atoms with van der Waals surface area (Å²) in [6, 6.07) is 4.51. The van der Waals surface area contributed by atoms with E-state index in [1.54, 1.807) is 32.2 Å². The summed E-state index contributed by atoms with van der Waals surface area (Å²) in [7, 11) is 0. The van der Waals surface area contributed by atoms with Crippen molar-refractivity contribution in [2.45, 2.75) is 38.8 Å². The molecule has 28 heavy (non-hydrogen) atoms. The number of benzene rings is 1. The highest BCUT2D eigenvalue weighted by atomic mass is 79.9. The van der Waals surface area contributed by atoms with Crippen LogP contribution in [0.3, 0.4) is 0 Å². The van der Waals surface area contributed by atoms with Crippen molar-refractivity contribution in [2.24, 2.45) is 0 Å². The van der Waals surface area contributed by atoms with Gasteiger partial charge < -0.3 is 15.3 Å². The van der Waals surface area contributed by atoms with Crippen LogP contribution in [-0.4, -0.2) is 40.1 Å². The maximum atomic E-state index is 13.6. The van der Waals surface area contributed by atoms with Gasteiger partial charge in [0, 0.05) is 21.9 Å². The van der Waals surface area contributed by atoms with Crippen LogP contribution >= 0.6 is 27.3 Å². The first kappa shape index (κ1) is 22.3. The SMILES string of the molecule is CC(C)(C)N(C[C@@H](Cc1ccc(F)c(F)c1)NC(=O)c1cc(Br)cs1)C(=O)O. The Hall–Kier alpha value is -2.00. The van der Waals surface area contributed by atoms with Gasteiger partial charge in [0.1, 0.15) is 0 Å². The van der Waals surface area contributed by atoms with E-state index in [9.17, 15) is 23.5 Å². The molecule has 0 saturated carbocycles. The quantitative estimate of drug-likeness (QED) is 0.624. The number of carboxylic acid groups (broad SMARTS) is 1. The Morgan fingerprint density at radius 2 is 1.93 bits per heavy atom. The maximum absolute atomic E-state index is 13.6. The lowest BCUT2D eigenvalue weighted by Crippen LogP contribution is -2.53. The molecule has 0 bridgehead atoms. The van der Waals surface area contributed by atoms with Crippen LogP contribution in [-0.2, 0) is 6.42 Å². The molecule has 2 aromatic rings. The topological polar surface area (TPSA) is 69.6 Å². The van der Waals surface area contributed by atoms with E-state index in [1.165, 1.54) is 22.3 Å². The molecule has 0 saturated heterocycles. The first-order chi connectivity index (χ1) is 13.0. The summed E-state index contributed by atoms with van der Waals surface area (Å²) in [4.78, 5) is 25.9. The van der Waals surface area contributed by atoms with Crippen molar-refractivity contribution in [3.8, 4) is 0 Å². The van der Waals surface area contributed by atoms with Gasteiger partial charge in [-0.1, -0.05) is 6.07 Å². The Bertz CT molecular complexity index is 867. The van der Waals surface area contributed by atoms with Gasteiger partial charge in [-0.2, -0.15) is 0 Å². The first-order valence-corrected chi connectivity index (χ1v) is 10.1. The van der Waals surface area contributed by atoms with Crippen LogP contribution in [0, 0.1) is 11.6 Å². The number of carbonyl (C=O) groups is 2. The predicted octanol–water partition coefficient (Wildman–Crippen LogP) is 4.91. The highest BCUT2D eigenvalue weighted by Crippen LogP contribution is 2.21. The minimum atomic E-state index is -1.13. The van der Waals surface area contributed by atoms with Gasteiger partial charge in [0.05, 0.1) is 10.9 Å². The fourth-order valence-corrected chi connectivity index (χ4v) is 3.99. The molecule has 0 spiro atoms. The van der Waals surface area contributed by atoms with Crippen molar-refractivity contribution < 1.29 is 23.5 Å². The standard InChI is InChI=1S/C19H21BrF2N2O3S/c1-19(2,3)24(18(26)27)9-13(6-11-4-5-14(21)15(22)7-11)23-17(25)16-8-12(20)10-28-16/h4-5,7-8,10,13H,6,9H2,1-3H3,(H,23,25)(H,26,27)/t13-/m1/s1. The minimum absolute atomic E-state index is 0.00386. The molecule has 152 valence electrons. The Balaban J connectivity index is 2.26. The number of nitrogens with one attached hydrogen (secondary N) is 1. The number of amides is 2. The third kappa shape index (κ3) is 6.00. The number of nitrogens with zero attached hydrogens (tertiary/aromatic N) is 1. The molecule has 2 N–H and O–H groups in total. The second-order valence-electron chi connectivity index (χ2n) is 7.32. The molecule has 9 heteroatoms. The number of hydrogen-bond acceptors (Lipinski definition) is 3. The van der Waals surface area contributed by atoms with Gasteiger partial charge in [-0.15, -0.1) is 11.3 Å². The third-order valence-electron chi connectivity index (χ3n) is 4.04. The molecule has 2 amide bonds. The molecule has 0 aliphatic heterocycles. The zero-order valence-corrected chi connectivity index (χ0v) is 18.0.